The summed E-state index contributed by atoms with van der Waals surface area (Å²) in [4.78, 5) is 11.0. The molecular formula is C9H12N2O2. The molecule has 0 aliphatic rings. The summed E-state index contributed by atoms with van der Waals surface area (Å²) >= 11 is 0. The Bertz CT molecular complexity index is 274. The molecule has 1 amide bonds. The van der Waals surface area contributed by atoms with Gasteiger partial charge in [0.05, 0.1) is 0 Å². The molecule has 3 N–H and O–H groups in total. The third kappa shape index (κ3) is 2.76. The number of carbonyl (C=O) groups excluding carboxylic acids is 1. The molecule has 13 heavy (non-hydrogen) atoms. The molecule has 1 aromatic carbocycles. The Balaban J connectivity index is 2.55. The lowest BCUT2D eigenvalue weighted by molar-refractivity contribution is -0.127. The zero-order valence-electron chi connectivity index (χ0n) is 7.36. The van der Waals surface area contributed by atoms with Crippen LogP contribution in [0.1, 0.15) is 6.92 Å². The van der Waals surface area contributed by atoms with E-state index in [9.17, 15) is 4.79 Å². The largest absolute Gasteiger partial charge is 0.481 e. The van der Waals surface area contributed by atoms with Crippen molar-refractivity contribution in [1.82, 2.24) is 5.43 Å². The summed E-state index contributed by atoms with van der Waals surface area (Å²) in [5, 5.41) is 0. The number of carbonyl (C=O) groups is 1. The minimum absolute atomic E-state index is 0.344. The molecule has 0 fully saturated rings. The number of amides is 1. The van der Waals surface area contributed by atoms with Gasteiger partial charge in [0.1, 0.15) is 5.75 Å². The Morgan fingerprint density at radius 1 is 1.46 bits per heavy atom. The molecular weight excluding hydrogens is 168 g/mol. The third-order valence-corrected chi connectivity index (χ3v) is 1.57. The maximum absolute atomic E-state index is 11.0. The fraction of sp³-hybridized carbons (Fsp3) is 0.222. The molecule has 0 unspecified atom stereocenters. The van der Waals surface area contributed by atoms with E-state index in [1.54, 1.807) is 19.1 Å². The first kappa shape index (κ1) is 9.54. The van der Waals surface area contributed by atoms with Crippen LogP contribution < -0.4 is 16.0 Å². The van der Waals surface area contributed by atoms with Gasteiger partial charge in [-0.25, -0.2) is 5.84 Å². The predicted octanol–water partition coefficient (Wildman–Crippen LogP) is 0.444. The van der Waals surface area contributed by atoms with E-state index in [0.717, 1.165) is 0 Å². The zero-order valence-corrected chi connectivity index (χ0v) is 7.36. The summed E-state index contributed by atoms with van der Waals surface area (Å²) in [5.74, 6) is 5.25. The molecule has 4 heteroatoms. The van der Waals surface area contributed by atoms with Gasteiger partial charge in [0.15, 0.2) is 6.10 Å². The summed E-state index contributed by atoms with van der Waals surface area (Å²) in [7, 11) is 0. The third-order valence-electron chi connectivity index (χ3n) is 1.57. The quantitative estimate of drug-likeness (QED) is 0.403. The first-order valence-electron chi connectivity index (χ1n) is 3.96. The van der Waals surface area contributed by atoms with Gasteiger partial charge in [0.25, 0.3) is 5.91 Å². The lowest BCUT2D eigenvalue weighted by Crippen LogP contribution is -2.40. The maximum Gasteiger partial charge on any atom is 0.274 e. The highest BCUT2D eigenvalue weighted by atomic mass is 16.5. The molecule has 0 saturated heterocycles. The SMILES string of the molecule is C[C@H](Oc1ccccc1)C(=O)NN. The molecule has 0 bridgehead atoms. The molecule has 1 rings (SSSR count). The summed E-state index contributed by atoms with van der Waals surface area (Å²) in [5.41, 5.74) is 2.02. The highest BCUT2D eigenvalue weighted by molar-refractivity contribution is 5.79. The lowest BCUT2D eigenvalue weighted by Gasteiger charge is -2.12. The number of nitrogens with two attached hydrogens (primary N) is 1. The van der Waals surface area contributed by atoms with Crippen LogP contribution >= 0.6 is 0 Å². The molecule has 1 aromatic rings. The van der Waals surface area contributed by atoms with Crippen molar-refractivity contribution < 1.29 is 9.53 Å². The van der Waals surface area contributed by atoms with Crippen LogP contribution in [0.5, 0.6) is 5.75 Å². The second kappa shape index (κ2) is 4.47. The molecule has 0 aromatic heterocycles. The number of hydrazine groups is 1. The predicted molar refractivity (Wildman–Crippen MR) is 48.9 cm³/mol. The highest BCUT2D eigenvalue weighted by Crippen LogP contribution is 2.10. The molecule has 0 spiro atoms. The van der Waals surface area contributed by atoms with Gasteiger partial charge in [-0.3, -0.25) is 10.2 Å². The summed E-state index contributed by atoms with van der Waals surface area (Å²) in [6.45, 7) is 1.63. The Labute approximate surface area is 76.7 Å². The van der Waals surface area contributed by atoms with Crippen LogP contribution in [0.15, 0.2) is 30.3 Å². The average Bonchev–Trinajstić information content (AvgIpc) is 2.18. The van der Waals surface area contributed by atoms with Crippen LogP contribution in [0.2, 0.25) is 0 Å². The van der Waals surface area contributed by atoms with E-state index < -0.39 is 6.10 Å². The molecule has 4 nitrogen and oxygen atoms in total. The fourth-order valence-electron chi connectivity index (χ4n) is 0.874. The average molecular weight is 180 g/mol. The molecule has 0 heterocycles. The Morgan fingerprint density at radius 2 is 2.08 bits per heavy atom. The smallest absolute Gasteiger partial charge is 0.274 e. The molecule has 0 saturated carbocycles. The van der Waals surface area contributed by atoms with Crippen molar-refractivity contribution in [3.05, 3.63) is 30.3 Å². The first-order valence-corrected chi connectivity index (χ1v) is 3.96. The maximum atomic E-state index is 11.0. The van der Waals surface area contributed by atoms with E-state index in [1.807, 2.05) is 23.6 Å². The van der Waals surface area contributed by atoms with Gasteiger partial charge in [-0.15, -0.1) is 0 Å². The van der Waals surface area contributed by atoms with Crippen molar-refractivity contribution in [2.24, 2.45) is 5.84 Å². The molecule has 0 aliphatic heterocycles. The minimum Gasteiger partial charge on any atom is -0.481 e. The Kier molecular flexibility index (Phi) is 3.28. The van der Waals surface area contributed by atoms with E-state index in [2.05, 4.69) is 0 Å². The zero-order chi connectivity index (χ0) is 9.68. The molecule has 1 atom stereocenters. The van der Waals surface area contributed by atoms with E-state index in [0.29, 0.717) is 5.75 Å². The lowest BCUT2D eigenvalue weighted by atomic mass is 10.3. The van der Waals surface area contributed by atoms with E-state index in [4.69, 9.17) is 10.6 Å². The van der Waals surface area contributed by atoms with Gasteiger partial charge in [-0.1, -0.05) is 18.2 Å². The number of nitrogens with one attached hydrogen (secondary N) is 1. The van der Waals surface area contributed by atoms with Crippen molar-refractivity contribution in [1.29, 1.82) is 0 Å². The van der Waals surface area contributed by atoms with Crippen molar-refractivity contribution in [3.8, 4) is 5.75 Å². The van der Waals surface area contributed by atoms with Gasteiger partial charge in [0.2, 0.25) is 0 Å². The van der Waals surface area contributed by atoms with Gasteiger partial charge < -0.3 is 4.74 Å². The highest BCUT2D eigenvalue weighted by Gasteiger charge is 2.11. The first-order chi connectivity index (χ1) is 6.24. The van der Waals surface area contributed by atoms with Crippen LogP contribution in [0.25, 0.3) is 0 Å². The number of hydrogen-bond acceptors (Lipinski definition) is 3. The van der Waals surface area contributed by atoms with Gasteiger partial charge in [-0.05, 0) is 19.1 Å². The van der Waals surface area contributed by atoms with Gasteiger partial charge in [0, 0.05) is 0 Å². The Morgan fingerprint density at radius 3 is 2.62 bits per heavy atom. The van der Waals surface area contributed by atoms with Crippen LogP contribution in [0.3, 0.4) is 0 Å². The van der Waals surface area contributed by atoms with Crippen molar-refractivity contribution in [2.75, 3.05) is 0 Å². The fourth-order valence-corrected chi connectivity index (χ4v) is 0.874. The van der Waals surface area contributed by atoms with Crippen LogP contribution in [0.4, 0.5) is 0 Å². The van der Waals surface area contributed by atoms with E-state index in [-0.39, 0.29) is 5.91 Å². The van der Waals surface area contributed by atoms with Crippen molar-refractivity contribution >= 4 is 5.91 Å². The van der Waals surface area contributed by atoms with Crippen molar-refractivity contribution in [3.63, 3.8) is 0 Å². The monoisotopic (exact) mass is 180 g/mol. The summed E-state index contributed by atoms with van der Waals surface area (Å²) in [6.07, 6.45) is -0.576. The topological polar surface area (TPSA) is 64.3 Å². The minimum atomic E-state index is -0.576. The van der Waals surface area contributed by atoms with Crippen LogP contribution in [0, 0.1) is 0 Å². The number of hydrogen-bond donors (Lipinski definition) is 2. The van der Waals surface area contributed by atoms with Crippen LogP contribution in [-0.4, -0.2) is 12.0 Å². The van der Waals surface area contributed by atoms with E-state index >= 15 is 0 Å². The number of benzene rings is 1. The molecule has 0 radical (unpaired) electrons. The Hall–Kier alpha value is -1.55. The van der Waals surface area contributed by atoms with Gasteiger partial charge in [-0.2, -0.15) is 0 Å². The van der Waals surface area contributed by atoms with Gasteiger partial charge >= 0.3 is 0 Å². The van der Waals surface area contributed by atoms with Crippen molar-refractivity contribution in [2.45, 2.75) is 13.0 Å². The summed E-state index contributed by atoms with van der Waals surface area (Å²) in [6, 6.07) is 9.10. The van der Waals surface area contributed by atoms with Crippen LogP contribution in [-0.2, 0) is 4.79 Å². The van der Waals surface area contributed by atoms with E-state index in [1.165, 1.54) is 0 Å². The number of ether oxygens (including phenoxy) is 1. The summed E-state index contributed by atoms with van der Waals surface area (Å²) < 4.78 is 5.27. The number of para-hydroxylation sites is 1. The number of rotatable bonds is 3. The molecule has 70 valence electrons. The standard InChI is InChI=1S/C9H12N2O2/c1-7(9(12)11-10)13-8-5-3-2-4-6-8/h2-7H,10H2,1H3,(H,11,12)/t7-/m0/s1. The normalized spacial score (nSPS) is 11.8. The second-order valence-electron chi connectivity index (χ2n) is 2.58. The molecule has 0 aliphatic carbocycles. The second-order valence-corrected chi connectivity index (χ2v) is 2.58.